The van der Waals surface area contributed by atoms with Gasteiger partial charge in [0.15, 0.2) is 11.5 Å². The number of nitriles is 1. The Bertz CT molecular complexity index is 1410. The van der Waals surface area contributed by atoms with Gasteiger partial charge in [-0.1, -0.05) is 0 Å². The topological polar surface area (TPSA) is 98.3 Å². The highest BCUT2D eigenvalue weighted by atomic mass is 19.1. The van der Waals surface area contributed by atoms with E-state index in [1.54, 1.807) is 36.4 Å². The van der Waals surface area contributed by atoms with E-state index in [-0.39, 0.29) is 6.04 Å². The van der Waals surface area contributed by atoms with Crippen molar-refractivity contribution in [1.29, 1.82) is 5.26 Å². The van der Waals surface area contributed by atoms with Crippen molar-refractivity contribution in [3.8, 4) is 6.07 Å². The molecule has 1 unspecified atom stereocenters. The Kier molecular flexibility index (Phi) is 5.51. The molecule has 4 aromatic rings. The third kappa shape index (κ3) is 4.11. The molecule has 1 aliphatic heterocycles. The fourth-order valence-corrected chi connectivity index (χ4v) is 4.14. The lowest BCUT2D eigenvalue weighted by molar-refractivity contribution is 0.262. The summed E-state index contributed by atoms with van der Waals surface area (Å²) in [6, 6.07) is 14.6. The van der Waals surface area contributed by atoms with Crippen molar-refractivity contribution < 1.29 is 13.6 Å². The van der Waals surface area contributed by atoms with E-state index in [2.05, 4.69) is 20.7 Å². The van der Waals surface area contributed by atoms with Crippen molar-refractivity contribution in [3.05, 3.63) is 83.6 Å². The maximum atomic E-state index is 14.4. The van der Waals surface area contributed by atoms with Gasteiger partial charge in [-0.15, -0.1) is 5.10 Å². The minimum atomic E-state index is -0.500. The molecule has 1 atom stereocenters. The fourth-order valence-electron chi connectivity index (χ4n) is 4.14. The lowest BCUT2D eigenvalue weighted by atomic mass is 10.0. The predicted molar refractivity (Wildman–Crippen MR) is 122 cm³/mol. The van der Waals surface area contributed by atoms with Crippen LogP contribution in [0.2, 0.25) is 0 Å². The van der Waals surface area contributed by atoms with Crippen LogP contribution in [0.25, 0.3) is 5.65 Å². The van der Waals surface area contributed by atoms with Crippen LogP contribution in [0.3, 0.4) is 0 Å². The van der Waals surface area contributed by atoms with E-state index in [1.165, 1.54) is 16.8 Å². The first kappa shape index (κ1) is 21.3. The number of rotatable bonds is 4. The largest absolute Gasteiger partial charge is 0.348 e. The number of halogens is 2. The van der Waals surface area contributed by atoms with Gasteiger partial charge in [-0.2, -0.15) is 9.78 Å². The second kappa shape index (κ2) is 8.78. The van der Waals surface area contributed by atoms with Crippen LogP contribution in [0.1, 0.15) is 30.0 Å². The molecule has 2 aromatic carbocycles. The highest BCUT2D eigenvalue weighted by molar-refractivity contribution is 5.99. The first-order chi connectivity index (χ1) is 16.5. The first-order valence-corrected chi connectivity index (χ1v) is 10.7. The average molecular weight is 459 g/mol. The molecule has 3 heterocycles. The molecular weight excluding hydrogens is 440 g/mol. The molecular formula is C24H19F2N7O. The van der Waals surface area contributed by atoms with Crippen LogP contribution in [-0.4, -0.2) is 27.2 Å². The van der Waals surface area contributed by atoms with E-state index in [0.29, 0.717) is 47.1 Å². The average Bonchev–Trinajstić information content (AvgIpc) is 3.48. The monoisotopic (exact) mass is 459 g/mol. The van der Waals surface area contributed by atoms with Crippen molar-refractivity contribution in [3.63, 3.8) is 0 Å². The van der Waals surface area contributed by atoms with Crippen LogP contribution in [-0.2, 0) is 0 Å². The number of hydrogen-bond donors (Lipinski definition) is 2. The van der Waals surface area contributed by atoms with Crippen LogP contribution in [0.5, 0.6) is 0 Å². The minimum absolute atomic E-state index is 0.296. The van der Waals surface area contributed by atoms with Crippen LogP contribution in [0.4, 0.5) is 30.9 Å². The van der Waals surface area contributed by atoms with Gasteiger partial charge in [0.25, 0.3) is 0 Å². The summed E-state index contributed by atoms with van der Waals surface area (Å²) in [6.07, 6.45) is 2.96. The highest BCUT2D eigenvalue weighted by Crippen LogP contribution is 2.36. The molecule has 8 nitrogen and oxygen atoms in total. The number of anilines is 3. The van der Waals surface area contributed by atoms with Crippen molar-refractivity contribution in [2.75, 3.05) is 22.1 Å². The molecule has 1 fully saturated rings. The Morgan fingerprint density at radius 3 is 2.71 bits per heavy atom. The molecule has 2 N–H and O–H groups in total. The van der Waals surface area contributed by atoms with Crippen molar-refractivity contribution in [1.82, 2.24) is 14.6 Å². The van der Waals surface area contributed by atoms with E-state index in [9.17, 15) is 13.6 Å². The summed E-state index contributed by atoms with van der Waals surface area (Å²) in [7, 11) is 0. The van der Waals surface area contributed by atoms with Gasteiger partial charge in [-0.05, 0) is 67.4 Å². The van der Waals surface area contributed by atoms with Crippen molar-refractivity contribution in [2.24, 2.45) is 0 Å². The van der Waals surface area contributed by atoms with E-state index in [4.69, 9.17) is 5.26 Å². The van der Waals surface area contributed by atoms with E-state index >= 15 is 0 Å². The van der Waals surface area contributed by atoms with Gasteiger partial charge in [-0.3, -0.25) is 5.32 Å². The molecule has 34 heavy (non-hydrogen) atoms. The van der Waals surface area contributed by atoms with Gasteiger partial charge in [0.05, 0.1) is 23.9 Å². The zero-order valence-corrected chi connectivity index (χ0v) is 17.9. The molecule has 2 aromatic heterocycles. The zero-order chi connectivity index (χ0) is 23.7. The Balaban J connectivity index is 1.38. The summed E-state index contributed by atoms with van der Waals surface area (Å²) in [6.45, 7) is 0.635. The van der Waals surface area contributed by atoms with E-state index in [0.717, 1.165) is 18.6 Å². The summed E-state index contributed by atoms with van der Waals surface area (Å²) < 4.78 is 29.7. The third-order valence-corrected chi connectivity index (χ3v) is 5.73. The predicted octanol–water partition coefficient (Wildman–Crippen LogP) is 4.86. The maximum Gasteiger partial charge on any atom is 0.324 e. The Morgan fingerprint density at radius 1 is 1.09 bits per heavy atom. The summed E-state index contributed by atoms with van der Waals surface area (Å²) >= 11 is 0. The lowest BCUT2D eigenvalue weighted by Crippen LogP contribution is -2.25. The van der Waals surface area contributed by atoms with Crippen LogP contribution >= 0.6 is 0 Å². The Labute approximate surface area is 193 Å². The molecule has 0 aliphatic carbocycles. The van der Waals surface area contributed by atoms with Gasteiger partial charge in [0, 0.05) is 17.8 Å². The summed E-state index contributed by atoms with van der Waals surface area (Å²) in [5, 5.41) is 18.9. The third-order valence-electron chi connectivity index (χ3n) is 5.73. The quantitative estimate of drug-likeness (QED) is 0.454. The SMILES string of the molecule is N#Cc1ccc(NC(=O)Nc2cnc3ccc(N4CCCC4c4cc(F)ccc4F)nn23)cc1. The molecule has 1 aliphatic rings. The van der Waals surface area contributed by atoms with Crippen LogP contribution in [0, 0.1) is 23.0 Å². The number of amides is 2. The first-order valence-electron chi connectivity index (χ1n) is 10.7. The number of hydrogen-bond acceptors (Lipinski definition) is 5. The number of fused-ring (bicyclic) bond motifs is 1. The number of nitrogens with zero attached hydrogens (tertiary/aromatic N) is 5. The molecule has 170 valence electrons. The molecule has 2 amide bonds. The summed E-state index contributed by atoms with van der Waals surface area (Å²) in [5.74, 6) is -0.0345. The standard InChI is InChI=1S/C24H19F2N7O/c25-16-5-8-19(26)18(12-16)20-2-1-11-32(20)22-10-9-21-28-14-23(33(21)31-22)30-24(34)29-17-6-3-15(13-27)4-7-17/h3-10,12,14,20H,1-2,11H2,(H2,29,30,34). The van der Waals surface area contributed by atoms with Crippen molar-refractivity contribution in [2.45, 2.75) is 18.9 Å². The fraction of sp³-hybridized carbons (Fsp3) is 0.167. The van der Waals surface area contributed by atoms with Gasteiger partial charge >= 0.3 is 6.03 Å². The number of carbonyl (C=O) groups excluding carboxylic acids is 1. The molecule has 5 rings (SSSR count). The molecule has 0 spiro atoms. The second-order valence-electron chi connectivity index (χ2n) is 7.89. The number of nitrogens with one attached hydrogen (secondary N) is 2. The summed E-state index contributed by atoms with van der Waals surface area (Å²) in [5.41, 5.74) is 1.83. The number of carbonyl (C=O) groups is 1. The summed E-state index contributed by atoms with van der Waals surface area (Å²) in [4.78, 5) is 18.7. The van der Waals surface area contributed by atoms with Gasteiger partial charge in [0.2, 0.25) is 0 Å². The van der Waals surface area contributed by atoms with E-state index < -0.39 is 17.7 Å². The smallest absolute Gasteiger partial charge is 0.324 e. The number of imidazole rings is 1. The minimum Gasteiger partial charge on any atom is -0.348 e. The van der Waals surface area contributed by atoms with Crippen LogP contribution in [0.15, 0.2) is 60.8 Å². The molecule has 0 saturated carbocycles. The number of urea groups is 1. The molecule has 10 heteroatoms. The van der Waals surface area contributed by atoms with Crippen LogP contribution < -0.4 is 15.5 Å². The molecule has 0 bridgehead atoms. The molecule has 1 saturated heterocycles. The number of benzene rings is 2. The Hall–Kier alpha value is -4.52. The zero-order valence-electron chi connectivity index (χ0n) is 17.9. The highest BCUT2D eigenvalue weighted by Gasteiger charge is 2.30. The second-order valence-corrected chi connectivity index (χ2v) is 7.89. The maximum absolute atomic E-state index is 14.4. The normalized spacial score (nSPS) is 15.3. The molecule has 0 radical (unpaired) electrons. The van der Waals surface area contributed by atoms with Gasteiger partial charge in [0.1, 0.15) is 17.5 Å². The van der Waals surface area contributed by atoms with Gasteiger partial charge in [-0.25, -0.2) is 18.6 Å². The van der Waals surface area contributed by atoms with Gasteiger partial charge < -0.3 is 10.2 Å². The van der Waals surface area contributed by atoms with E-state index in [1.807, 2.05) is 11.0 Å². The Morgan fingerprint density at radius 2 is 1.91 bits per heavy atom. The van der Waals surface area contributed by atoms with Crippen molar-refractivity contribution >= 4 is 29.0 Å². The lowest BCUT2D eigenvalue weighted by Gasteiger charge is -2.26. The number of aromatic nitrogens is 3.